The largest absolute Gasteiger partial charge is 0.444 e. The molecule has 2 rings (SSSR count). The molecule has 194 valence electrons. The van der Waals surface area contributed by atoms with Gasteiger partial charge < -0.3 is 20.3 Å². The van der Waals surface area contributed by atoms with E-state index in [0.717, 1.165) is 16.7 Å². The van der Waals surface area contributed by atoms with E-state index < -0.39 is 29.7 Å². The second kappa shape index (κ2) is 13.2. The number of hydrogen-bond donors (Lipinski definition) is 3. The van der Waals surface area contributed by atoms with Crippen LogP contribution in [-0.2, 0) is 20.9 Å². The molecule has 2 aromatic rings. The average molecular weight is 512 g/mol. The van der Waals surface area contributed by atoms with Gasteiger partial charge >= 0.3 is 6.09 Å². The number of carbonyl (C=O) groups excluding carboxylic acids is 3. The monoisotopic (exact) mass is 511 g/mol. The zero-order valence-corrected chi connectivity index (χ0v) is 22.6. The molecule has 8 heteroatoms. The molecular formula is C28H37N3O4S. The van der Waals surface area contributed by atoms with Crippen molar-refractivity contribution in [1.29, 1.82) is 0 Å². The van der Waals surface area contributed by atoms with Crippen molar-refractivity contribution in [3.05, 3.63) is 83.4 Å². The second-order valence-corrected chi connectivity index (χ2v) is 9.99. The fourth-order valence-electron chi connectivity index (χ4n) is 3.68. The molecule has 2 unspecified atom stereocenters. The number of alkyl carbamates (subject to hydrolysis) is 1. The van der Waals surface area contributed by atoms with E-state index in [0.29, 0.717) is 12.1 Å². The molecule has 0 radical (unpaired) electrons. The maximum absolute atomic E-state index is 13.7. The molecule has 2 N–H and O–H groups in total. The molecular weight excluding hydrogens is 474 g/mol. The van der Waals surface area contributed by atoms with E-state index in [1.54, 1.807) is 26.8 Å². The molecule has 2 atom stereocenters. The number of nitrogens with zero attached hydrogens (tertiary/aromatic N) is 1. The maximum atomic E-state index is 13.7. The van der Waals surface area contributed by atoms with Crippen LogP contribution >= 0.6 is 12.6 Å². The highest BCUT2D eigenvalue weighted by Gasteiger charge is 2.36. The minimum absolute atomic E-state index is 0.0247. The lowest BCUT2D eigenvalue weighted by atomic mass is 9.96. The molecule has 0 aliphatic rings. The molecule has 0 saturated carbocycles. The lowest BCUT2D eigenvalue weighted by Gasteiger charge is -2.34. The SMILES string of the molecule is C=CCN(C(=O)C(CS)NC(=O)OC(C)(C)C)C(C(=O)NCc1ccccc1)c1cc(C)ccc1C. The molecule has 7 nitrogen and oxygen atoms in total. The van der Waals surface area contributed by atoms with E-state index in [2.05, 4.69) is 29.8 Å². The van der Waals surface area contributed by atoms with Gasteiger partial charge in [0.25, 0.3) is 0 Å². The summed E-state index contributed by atoms with van der Waals surface area (Å²) in [4.78, 5) is 41.2. The summed E-state index contributed by atoms with van der Waals surface area (Å²) in [5, 5.41) is 5.56. The summed E-state index contributed by atoms with van der Waals surface area (Å²) < 4.78 is 5.32. The quantitative estimate of drug-likeness (QED) is 0.324. The Morgan fingerprint density at radius 1 is 1.11 bits per heavy atom. The Labute approximate surface area is 219 Å². The van der Waals surface area contributed by atoms with Crippen LogP contribution in [-0.4, -0.2) is 46.7 Å². The van der Waals surface area contributed by atoms with Gasteiger partial charge in [-0.25, -0.2) is 4.79 Å². The van der Waals surface area contributed by atoms with Crippen LogP contribution in [0.1, 0.15) is 49.1 Å². The Morgan fingerprint density at radius 3 is 2.36 bits per heavy atom. The van der Waals surface area contributed by atoms with Crippen LogP contribution in [0.25, 0.3) is 0 Å². The molecule has 0 saturated heterocycles. The number of amides is 3. The Balaban J connectivity index is 2.43. The van der Waals surface area contributed by atoms with Crippen LogP contribution < -0.4 is 10.6 Å². The number of hydrogen-bond acceptors (Lipinski definition) is 5. The summed E-state index contributed by atoms with van der Waals surface area (Å²) in [7, 11) is 0. The Bertz CT molecular complexity index is 1070. The maximum Gasteiger partial charge on any atom is 0.408 e. The van der Waals surface area contributed by atoms with E-state index >= 15 is 0 Å². The number of thiol groups is 1. The Morgan fingerprint density at radius 2 is 1.78 bits per heavy atom. The van der Waals surface area contributed by atoms with Gasteiger partial charge in [-0.05, 0) is 51.3 Å². The van der Waals surface area contributed by atoms with Crippen molar-refractivity contribution < 1.29 is 19.1 Å². The topological polar surface area (TPSA) is 87.7 Å². The van der Waals surface area contributed by atoms with Crippen molar-refractivity contribution >= 4 is 30.5 Å². The standard InChI is InChI=1S/C28H37N3O4S/c1-7-15-31(26(33)23(18-36)30-27(34)35-28(4,5)6)24(22-16-19(2)13-14-20(22)3)25(32)29-17-21-11-9-8-10-12-21/h7-14,16,23-24,36H,1,15,17-18H2,2-6H3,(H,29,32)(H,30,34). The minimum Gasteiger partial charge on any atom is -0.444 e. The predicted octanol–water partition coefficient (Wildman–Crippen LogP) is 4.50. The van der Waals surface area contributed by atoms with E-state index in [9.17, 15) is 14.4 Å². The summed E-state index contributed by atoms with van der Waals surface area (Å²) in [5.41, 5.74) is 2.73. The van der Waals surface area contributed by atoms with Crippen LogP contribution in [0.5, 0.6) is 0 Å². The molecule has 0 bridgehead atoms. The highest BCUT2D eigenvalue weighted by Crippen LogP contribution is 2.27. The van der Waals surface area contributed by atoms with Gasteiger partial charge in [0.2, 0.25) is 11.8 Å². The molecule has 36 heavy (non-hydrogen) atoms. The van der Waals surface area contributed by atoms with Gasteiger partial charge in [-0.1, -0.05) is 60.2 Å². The van der Waals surface area contributed by atoms with Crippen LogP contribution in [0.3, 0.4) is 0 Å². The third-order valence-corrected chi connectivity index (χ3v) is 5.74. The van der Waals surface area contributed by atoms with E-state index in [1.165, 1.54) is 4.90 Å². The molecule has 0 spiro atoms. The number of nitrogens with one attached hydrogen (secondary N) is 2. The summed E-state index contributed by atoms with van der Waals surface area (Å²) in [5.74, 6) is -0.772. The number of benzene rings is 2. The fraction of sp³-hybridized carbons (Fsp3) is 0.393. The normalized spacial score (nSPS) is 12.7. The third kappa shape index (κ3) is 8.45. The van der Waals surface area contributed by atoms with Gasteiger partial charge in [-0.3, -0.25) is 9.59 Å². The lowest BCUT2D eigenvalue weighted by molar-refractivity contribution is -0.141. The van der Waals surface area contributed by atoms with Crippen LogP contribution in [0.15, 0.2) is 61.2 Å². The van der Waals surface area contributed by atoms with Crippen molar-refractivity contribution in [3.8, 4) is 0 Å². The summed E-state index contributed by atoms with van der Waals surface area (Å²) in [6.45, 7) is 13.2. The molecule has 0 aliphatic heterocycles. The summed E-state index contributed by atoms with van der Waals surface area (Å²) in [6.07, 6.45) is 0.828. The van der Waals surface area contributed by atoms with Gasteiger partial charge in [0.05, 0.1) is 0 Å². The van der Waals surface area contributed by atoms with E-state index in [-0.39, 0.29) is 18.2 Å². The van der Waals surface area contributed by atoms with Gasteiger partial charge in [0.1, 0.15) is 17.7 Å². The molecule has 0 aliphatic carbocycles. The van der Waals surface area contributed by atoms with Gasteiger partial charge in [-0.15, -0.1) is 6.58 Å². The molecule has 2 aromatic carbocycles. The summed E-state index contributed by atoms with van der Waals surface area (Å²) in [6, 6.07) is 13.4. The lowest BCUT2D eigenvalue weighted by Crippen LogP contribution is -2.53. The molecule has 0 fully saturated rings. The van der Waals surface area contributed by atoms with Gasteiger partial charge in [0.15, 0.2) is 0 Å². The number of carbonyl (C=O) groups is 3. The fourth-order valence-corrected chi connectivity index (χ4v) is 3.93. The first kappa shape index (κ1) is 29.0. The van der Waals surface area contributed by atoms with Crippen LogP contribution in [0, 0.1) is 13.8 Å². The highest BCUT2D eigenvalue weighted by atomic mass is 32.1. The van der Waals surface area contributed by atoms with Crippen molar-refractivity contribution in [2.24, 2.45) is 0 Å². The number of rotatable bonds is 10. The molecule has 0 heterocycles. The zero-order valence-electron chi connectivity index (χ0n) is 21.7. The molecule has 3 amide bonds. The predicted molar refractivity (Wildman–Crippen MR) is 146 cm³/mol. The first-order chi connectivity index (χ1) is 17.0. The van der Waals surface area contributed by atoms with Crippen molar-refractivity contribution in [2.45, 2.75) is 58.8 Å². The number of aryl methyl sites for hydroxylation is 2. The third-order valence-electron chi connectivity index (χ3n) is 5.38. The first-order valence-electron chi connectivity index (χ1n) is 11.9. The second-order valence-electron chi connectivity index (χ2n) is 9.63. The average Bonchev–Trinajstić information content (AvgIpc) is 2.82. The zero-order chi connectivity index (χ0) is 26.9. The van der Waals surface area contributed by atoms with Crippen molar-refractivity contribution in [2.75, 3.05) is 12.3 Å². The highest BCUT2D eigenvalue weighted by molar-refractivity contribution is 7.80. The van der Waals surface area contributed by atoms with Crippen molar-refractivity contribution in [3.63, 3.8) is 0 Å². The number of ether oxygens (including phenoxy) is 1. The first-order valence-corrected chi connectivity index (χ1v) is 12.5. The molecule has 0 aromatic heterocycles. The van der Waals surface area contributed by atoms with E-state index in [4.69, 9.17) is 4.74 Å². The van der Waals surface area contributed by atoms with Crippen LogP contribution in [0.2, 0.25) is 0 Å². The van der Waals surface area contributed by atoms with Crippen molar-refractivity contribution in [1.82, 2.24) is 15.5 Å². The Hall–Kier alpha value is -3.26. The summed E-state index contributed by atoms with van der Waals surface area (Å²) >= 11 is 4.29. The smallest absolute Gasteiger partial charge is 0.408 e. The van der Waals surface area contributed by atoms with Crippen LogP contribution in [0.4, 0.5) is 4.79 Å². The van der Waals surface area contributed by atoms with E-state index in [1.807, 2.05) is 62.4 Å². The van der Waals surface area contributed by atoms with Gasteiger partial charge in [0, 0.05) is 18.8 Å². The Kier molecular flexibility index (Phi) is 10.6. The minimum atomic E-state index is -1.00. The van der Waals surface area contributed by atoms with Gasteiger partial charge in [-0.2, -0.15) is 12.6 Å².